The van der Waals surface area contributed by atoms with Crippen LogP contribution in [0.15, 0.2) is 42.5 Å². The second kappa shape index (κ2) is 6.73. The van der Waals surface area contributed by atoms with Crippen LogP contribution in [0.4, 0.5) is 4.39 Å². The quantitative estimate of drug-likeness (QED) is 0.843. The van der Waals surface area contributed by atoms with E-state index in [-0.39, 0.29) is 11.1 Å². The fraction of sp³-hybridized carbons (Fsp3) is 0.250. The average molecular weight is 294 g/mol. The smallest absolute Gasteiger partial charge is 0.142 e. The molecule has 0 bridgehead atoms. The minimum Gasteiger partial charge on any atom is -0.457 e. The summed E-state index contributed by atoms with van der Waals surface area (Å²) >= 11 is 5.74. The van der Waals surface area contributed by atoms with Gasteiger partial charge in [-0.15, -0.1) is 0 Å². The van der Waals surface area contributed by atoms with Gasteiger partial charge >= 0.3 is 0 Å². The maximum atomic E-state index is 13.1. The lowest BCUT2D eigenvalue weighted by molar-refractivity contribution is 0.477. The monoisotopic (exact) mass is 293 g/mol. The van der Waals surface area contributed by atoms with E-state index in [0.29, 0.717) is 11.5 Å². The van der Waals surface area contributed by atoms with Gasteiger partial charge < -0.3 is 10.1 Å². The van der Waals surface area contributed by atoms with Crippen LogP contribution in [0.5, 0.6) is 11.5 Å². The Labute approximate surface area is 123 Å². The highest BCUT2D eigenvalue weighted by Gasteiger charge is 2.08. The van der Waals surface area contributed by atoms with Crippen molar-refractivity contribution in [1.82, 2.24) is 5.32 Å². The molecule has 106 valence electrons. The molecule has 2 nitrogen and oxygen atoms in total. The summed E-state index contributed by atoms with van der Waals surface area (Å²) in [4.78, 5) is 0. The Bertz CT molecular complexity index is 584. The molecule has 1 N–H and O–H groups in total. The standard InChI is InChI=1S/C16H17ClFNO/c1-3-16(19-2)11-5-4-6-12(9-11)20-13-7-8-15(18)14(17)10-13/h4-10,16,19H,3H2,1-2H3. The van der Waals surface area contributed by atoms with Crippen LogP contribution in [0.1, 0.15) is 24.9 Å². The molecule has 2 aromatic carbocycles. The van der Waals surface area contributed by atoms with E-state index in [1.165, 1.54) is 12.1 Å². The van der Waals surface area contributed by atoms with Gasteiger partial charge in [0.25, 0.3) is 0 Å². The summed E-state index contributed by atoms with van der Waals surface area (Å²) in [6.07, 6.45) is 0.988. The molecule has 0 saturated carbocycles. The first-order valence-corrected chi connectivity index (χ1v) is 6.92. The van der Waals surface area contributed by atoms with Crippen LogP contribution in [-0.4, -0.2) is 7.05 Å². The molecular weight excluding hydrogens is 277 g/mol. The summed E-state index contributed by atoms with van der Waals surface area (Å²) < 4.78 is 18.8. The molecular formula is C16H17ClFNO. The van der Waals surface area contributed by atoms with Crippen molar-refractivity contribution in [2.45, 2.75) is 19.4 Å². The molecule has 0 aromatic heterocycles. The topological polar surface area (TPSA) is 21.3 Å². The Morgan fingerprint density at radius 2 is 1.95 bits per heavy atom. The first-order valence-electron chi connectivity index (χ1n) is 6.54. The number of hydrogen-bond acceptors (Lipinski definition) is 2. The summed E-state index contributed by atoms with van der Waals surface area (Å²) in [7, 11) is 1.93. The highest BCUT2D eigenvalue weighted by molar-refractivity contribution is 6.30. The van der Waals surface area contributed by atoms with Gasteiger partial charge in [0.1, 0.15) is 17.3 Å². The van der Waals surface area contributed by atoms with E-state index in [1.807, 2.05) is 25.2 Å². The third kappa shape index (κ3) is 3.50. The Morgan fingerprint density at radius 1 is 1.20 bits per heavy atom. The Hall–Kier alpha value is -1.58. The summed E-state index contributed by atoms with van der Waals surface area (Å²) in [6, 6.07) is 12.4. The van der Waals surface area contributed by atoms with E-state index in [2.05, 4.69) is 18.3 Å². The van der Waals surface area contributed by atoms with Crippen LogP contribution < -0.4 is 10.1 Å². The zero-order valence-corrected chi connectivity index (χ0v) is 12.2. The van der Waals surface area contributed by atoms with Gasteiger partial charge in [-0.2, -0.15) is 0 Å². The van der Waals surface area contributed by atoms with Crippen molar-refractivity contribution in [3.63, 3.8) is 0 Å². The van der Waals surface area contributed by atoms with Crippen molar-refractivity contribution in [2.75, 3.05) is 7.05 Å². The van der Waals surface area contributed by atoms with Crippen LogP contribution in [0.25, 0.3) is 0 Å². The molecule has 0 radical (unpaired) electrons. The predicted molar refractivity (Wildman–Crippen MR) is 80.0 cm³/mol. The Morgan fingerprint density at radius 3 is 2.60 bits per heavy atom. The number of hydrogen-bond donors (Lipinski definition) is 1. The van der Waals surface area contributed by atoms with E-state index in [4.69, 9.17) is 16.3 Å². The molecule has 2 rings (SSSR count). The molecule has 0 fully saturated rings. The zero-order valence-electron chi connectivity index (χ0n) is 11.5. The Balaban J connectivity index is 2.21. The fourth-order valence-corrected chi connectivity index (χ4v) is 2.25. The number of rotatable bonds is 5. The van der Waals surface area contributed by atoms with Gasteiger partial charge in [0, 0.05) is 12.1 Å². The van der Waals surface area contributed by atoms with E-state index >= 15 is 0 Å². The number of nitrogens with one attached hydrogen (secondary N) is 1. The molecule has 0 saturated heterocycles. The lowest BCUT2D eigenvalue weighted by atomic mass is 10.0. The highest BCUT2D eigenvalue weighted by atomic mass is 35.5. The molecule has 1 unspecified atom stereocenters. The second-order valence-corrected chi connectivity index (χ2v) is 4.91. The van der Waals surface area contributed by atoms with Gasteiger partial charge in [0.05, 0.1) is 5.02 Å². The van der Waals surface area contributed by atoms with Gasteiger partial charge in [0.15, 0.2) is 0 Å². The largest absolute Gasteiger partial charge is 0.457 e. The molecule has 1 atom stereocenters. The molecule has 2 aromatic rings. The third-order valence-corrected chi connectivity index (χ3v) is 3.43. The van der Waals surface area contributed by atoms with E-state index < -0.39 is 5.82 Å². The Kier molecular flexibility index (Phi) is 4.99. The maximum Gasteiger partial charge on any atom is 0.142 e. The van der Waals surface area contributed by atoms with Gasteiger partial charge in [-0.1, -0.05) is 30.7 Å². The maximum absolute atomic E-state index is 13.1. The van der Waals surface area contributed by atoms with E-state index in [0.717, 1.165) is 12.0 Å². The van der Waals surface area contributed by atoms with Crippen molar-refractivity contribution < 1.29 is 9.13 Å². The van der Waals surface area contributed by atoms with Gasteiger partial charge in [-0.05, 0) is 43.3 Å². The number of halogens is 2. The summed E-state index contributed by atoms with van der Waals surface area (Å²) in [5, 5.41) is 3.31. The van der Waals surface area contributed by atoms with Gasteiger partial charge in [0.2, 0.25) is 0 Å². The average Bonchev–Trinajstić information content (AvgIpc) is 2.45. The van der Waals surface area contributed by atoms with Gasteiger partial charge in [-0.25, -0.2) is 4.39 Å². The number of ether oxygens (including phenoxy) is 1. The number of benzene rings is 2. The van der Waals surface area contributed by atoms with Crippen LogP contribution in [0, 0.1) is 5.82 Å². The first kappa shape index (κ1) is 14.8. The fourth-order valence-electron chi connectivity index (χ4n) is 2.08. The van der Waals surface area contributed by atoms with Crippen molar-refractivity contribution in [3.05, 3.63) is 58.9 Å². The molecule has 0 aliphatic carbocycles. The second-order valence-electron chi connectivity index (χ2n) is 4.50. The van der Waals surface area contributed by atoms with Crippen LogP contribution in [0.3, 0.4) is 0 Å². The minimum atomic E-state index is -0.450. The molecule has 0 heterocycles. The van der Waals surface area contributed by atoms with E-state index in [1.54, 1.807) is 6.07 Å². The summed E-state index contributed by atoms with van der Waals surface area (Å²) in [5.74, 6) is 0.777. The van der Waals surface area contributed by atoms with E-state index in [9.17, 15) is 4.39 Å². The third-order valence-electron chi connectivity index (χ3n) is 3.14. The van der Waals surface area contributed by atoms with Crippen molar-refractivity contribution in [2.24, 2.45) is 0 Å². The van der Waals surface area contributed by atoms with Crippen LogP contribution in [0.2, 0.25) is 5.02 Å². The molecule has 0 aliphatic rings. The lowest BCUT2D eigenvalue weighted by Gasteiger charge is -2.15. The lowest BCUT2D eigenvalue weighted by Crippen LogP contribution is -2.14. The molecule has 20 heavy (non-hydrogen) atoms. The minimum absolute atomic E-state index is 0.0558. The normalized spacial score (nSPS) is 12.2. The predicted octanol–water partition coefficient (Wildman–Crippen LogP) is 4.94. The molecule has 4 heteroatoms. The summed E-state index contributed by atoms with van der Waals surface area (Å²) in [6.45, 7) is 2.12. The van der Waals surface area contributed by atoms with Crippen LogP contribution >= 0.6 is 11.6 Å². The summed E-state index contributed by atoms with van der Waals surface area (Å²) in [5.41, 5.74) is 1.15. The van der Waals surface area contributed by atoms with Gasteiger partial charge in [-0.3, -0.25) is 0 Å². The van der Waals surface area contributed by atoms with Crippen molar-refractivity contribution >= 4 is 11.6 Å². The van der Waals surface area contributed by atoms with Crippen LogP contribution in [-0.2, 0) is 0 Å². The molecule has 0 amide bonds. The first-order chi connectivity index (χ1) is 9.63. The van der Waals surface area contributed by atoms with Crippen molar-refractivity contribution in [3.8, 4) is 11.5 Å². The SMILES string of the molecule is CCC(NC)c1cccc(Oc2ccc(F)c(Cl)c2)c1. The van der Waals surface area contributed by atoms with Crippen molar-refractivity contribution in [1.29, 1.82) is 0 Å². The molecule has 0 aliphatic heterocycles. The highest BCUT2D eigenvalue weighted by Crippen LogP contribution is 2.28. The molecule has 0 spiro atoms. The zero-order chi connectivity index (χ0) is 14.5.